The topological polar surface area (TPSA) is 223 Å². The average molecular weight is 902 g/mol. The predicted octanol–water partition coefficient (Wildman–Crippen LogP) is 2.98. The largest absolute Gasteiger partial charge is 0.481 e. The molecule has 1 aliphatic heterocycles. The normalized spacial score (nSPS) is 34.3. The minimum atomic E-state index is -2.36. The molecule has 0 radical (unpaired) electrons. The maximum Gasteiger partial charge on any atom is 0.303 e. The number of Topliss-reactive ketones (excluding diaryl/α,β-unsaturated/α-hetero) is 1. The van der Waals surface area contributed by atoms with Gasteiger partial charge in [-0.2, -0.15) is 0 Å². The van der Waals surface area contributed by atoms with Gasteiger partial charge in [0.1, 0.15) is 18.8 Å². The molecule has 2 aromatic rings. The van der Waals surface area contributed by atoms with Crippen molar-refractivity contribution in [1.29, 1.82) is 0 Å². The summed E-state index contributed by atoms with van der Waals surface area (Å²) >= 11 is 2.97. The van der Waals surface area contributed by atoms with E-state index in [9.17, 15) is 39.0 Å². The van der Waals surface area contributed by atoms with Crippen LogP contribution in [0.4, 0.5) is 14.5 Å². The number of nitrogens with zero attached hydrogens (tertiary/aromatic N) is 1. The molecule has 0 spiro atoms. The molecule has 1 saturated heterocycles. The Morgan fingerprint density at radius 2 is 1.80 bits per heavy atom. The number of carboxylic acids is 1. The van der Waals surface area contributed by atoms with E-state index in [0.29, 0.717) is 17.8 Å². The third-order valence-corrected chi connectivity index (χ3v) is 13.9. The number of hydrogen-bond acceptors (Lipinski definition) is 10. The van der Waals surface area contributed by atoms with E-state index in [2.05, 4.69) is 31.9 Å². The van der Waals surface area contributed by atoms with Crippen molar-refractivity contribution >= 4 is 56.9 Å². The van der Waals surface area contributed by atoms with Crippen LogP contribution in [0.3, 0.4) is 0 Å². The Morgan fingerprint density at radius 1 is 1.07 bits per heavy atom. The Balaban J connectivity index is 1.03. The maximum absolute atomic E-state index is 17.7. The second-order valence-electron chi connectivity index (χ2n) is 16.8. The summed E-state index contributed by atoms with van der Waals surface area (Å²) in [5, 5.41) is 38.7. The van der Waals surface area contributed by atoms with Gasteiger partial charge in [0.2, 0.25) is 17.7 Å². The molecule has 1 aromatic heterocycles. The molecular formula is C42H47BrF2N4O11. The fraction of sp³-hybridized carbons (Fsp3) is 0.524. The van der Waals surface area contributed by atoms with Gasteiger partial charge >= 0.3 is 5.97 Å². The molecule has 1 aromatic carbocycles. The van der Waals surface area contributed by atoms with Crippen LogP contribution in [0.15, 0.2) is 66.5 Å². The molecule has 5 aliphatic rings. The van der Waals surface area contributed by atoms with Crippen molar-refractivity contribution in [2.75, 3.05) is 23.8 Å². The number of allylic oxidation sites excluding steroid dienone is 4. The first-order chi connectivity index (χ1) is 28.4. The molecule has 2 heterocycles. The molecule has 11 atom stereocenters. The van der Waals surface area contributed by atoms with Gasteiger partial charge in [-0.05, 0) is 80.0 Å². The number of hydrogen-bond donors (Lipinski definition) is 6. The molecule has 0 bridgehead atoms. The number of ether oxygens (including phenoxy) is 2. The number of benzene rings is 1. The summed E-state index contributed by atoms with van der Waals surface area (Å²) in [6.07, 6.45) is 0.865. The van der Waals surface area contributed by atoms with Gasteiger partial charge in [-0.25, -0.2) is 8.78 Å². The molecule has 4 fully saturated rings. The van der Waals surface area contributed by atoms with Crippen LogP contribution in [0.2, 0.25) is 0 Å². The van der Waals surface area contributed by atoms with Crippen molar-refractivity contribution in [3.63, 3.8) is 0 Å². The number of aliphatic carboxylic acids is 1. The number of carbonyl (C=O) groups is 6. The van der Waals surface area contributed by atoms with E-state index in [0.717, 1.165) is 11.6 Å². The second kappa shape index (κ2) is 16.3. The maximum atomic E-state index is 17.7. The van der Waals surface area contributed by atoms with Crippen molar-refractivity contribution in [2.24, 2.45) is 22.7 Å². The SMILES string of the molecule is C[C@]12C=CC(=O)C=C1[C@@H](F)C[C@H]1[C@@H]3C[C@H]4O[C@@H](c5ccn(Cc6ccc(NC(=O)[C@H](CCC(=O)O)NC(=O)CNC(=O)CBr)cc6)c5)O[C@@]4(C(=O)CO)[C@@]3(C)C[C@H](O)[C@@]12F. The average Bonchev–Trinajstić information content (AvgIpc) is 3.90. The fourth-order valence-corrected chi connectivity index (χ4v) is 10.8. The number of carbonyl (C=O) groups excluding carboxylic acids is 5. The Kier molecular flexibility index (Phi) is 11.8. The minimum absolute atomic E-state index is 0.00747. The summed E-state index contributed by atoms with van der Waals surface area (Å²) < 4.78 is 48.5. The highest BCUT2D eigenvalue weighted by molar-refractivity contribution is 9.09. The zero-order valence-electron chi connectivity index (χ0n) is 32.9. The number of halogens is 3. The zero-order valence-corrected chi connectivity index (χ0v) is 34.5. The summed E-state index contributed by atoms with van der Waals surface area (Å²) in [4.78, 5) is 74.2. The number of anilines is 1. The third-order valence-electron chi connectivity index (χ3n) is 13.4. The van der Waals surface area contributed by atoms with Crippen LogP contribution in [0.1, 0.15) is 63.4 Å². The molecule has 6 N–H and O–H groups in total. The molecule has 4 aliphatic carbocycles. The van der Waals surface area contributed by atoms with Gasteiger partial charge in [-0.15, -0.1) is 0 Å². The molecule has 60 heavy (non-hydrogen) atoms. The fourth-order valence-electron chi connectivity index (χ4n) is 10.6. The van der Waals surface area contributed by atoms with E-state index in [4.69, 9.17) is 14.6 Å². The quantitative estimate of drug-likeness (QED) is 0.151. The Labute approximate surface area is 352 Å². The van der Waals surface area contributed by atoms with Crippen molar-refractivity contribution < 1.29 is 62.3 Å². The van der Waals surface area contributed by atoms with E-state index >= 15 is 8.78 Å². The van der Waals surface area contributed by atoms with E-state index in [1.807, 2.05) is 4.57 Å². The summed E-state index contributed by atoms with van der Waals surface area (Å²) in [5.74, 6) is -5.77. The summed E-state index contributed by atoms with van der Waals surface area (Å²) in [6.45, 7) is 2.28. The number of fused-ring (bicyclic) bond motifs is 7. The van der Waals surface area contributed by atoms with Crippen LogP contribution >= 0.6 is 15.9 Å². The Bertz CT molecular complexity index is 2150. The lowest BCUT2D eigenvalue weighted by Gasteiger charge is -2.63. The standard InChI is InChI=1S/C42H47BrF2N4O11/c1-39-11-9-25(51)13-28(39)29(44)14-27-26-15-33-42(32(53)21-50,40(26,2)16-31(52)41(27,39)45)60-38(59-33)23-10-12-49(20-23)19-22-3-5-24(6-4-22)47-37(58)30(7-8-36(56)57)48-35(55)18-46-34(54)17-43/h3-6,9-13,20,26-27,29-31,33,38,50,52H,7-8,14-19,21H2,1-2H3,(H,46,54)(H,47,58)(H,48,55)(H,56,57)/t26-,27-,29-,30-,31-,33+,38+,39-,40-,41-,42+/m0/s1. The summed E-state index contributed by atoms with van der Waals surface area (Å²) in [7, 11) is 0. The second-order valence-corrected chi connectivity index (χ2v) is 17.3. The molecule has 18 heteroatoms. The van der Waals surface area contributed by atoms with Gasteiger partial charge in [-0.3, -0.25) is 28.8 Å². The van der Waals surface area contributed by atoms with Crippen LogP contribution in [0.25, 0.3) is 0 Å². The molecule has 15 nitrogen and oxygen atoms in total. The Morgan fingerprint density at radius 3 is 2.48 bits per heavy atom. The number of carboxylic acid groups (broad SMARTS) is 1. The number of aliphatic hydroxyl groups excluding tert-OH is 2. The van der Waals surface area contributed by atoms with E-state index in [1.165, 1.54) is 19.1 Å². The molecule has 7 rings (SSSR count). The highest BCUT2D eigenvalue weighted by atomic mass is 79.9. The smallest absolute Gasteiger partial charge is 0.303 e. The first kappa shape index (κ1) is 43.5. The number of alkyl halides is 3. The zero-order chi connectivity index (χ0) is 43.4. The van der Waals surface area contributed by atoms with Crippen molar-refractivity contribution in [2.45, 2.75) is 94.5 Å². The lowest BCUT2D eigenvalue weighted by molar-refractivity contribution is -0.235. The van der Waals surface area contributed by atoms with Crippen LogP contribution in [-0.4, -0.2) is 109 Å². The van der Waals surface area contributed by atoms with E-state index in [-0.39, 0.29) is 43.0 Å². The van der Waals surface area contributed by atoms with Gasteiger partial charge in [0.15, 0.2) is 29.1 Å². The lowest BCUT2D eigenvalue weighted by atomic mass is 9.44. The minimum Gasteiger partial charge on any atom is -0.481 e. The number of nitrogens with one attached hydrogen (secondary N) is 3. The van der Waals surface area contributed by atoms with Gasteiger partial charge in [0.25, 0.3) is 0 Å². The van der Waals surface area contributed by atoms with Gasteiger partial charge in [-0.1, -0.05) is 41.1 Å². The first-order valence-electron chi connectivity index (χ1n) is 19.7. The third kappa shape index (κ3) is 7.22. The molecule has 0 unspecified atom stereocenters. The van der Waals surface area contributed by atoms with Crippen molar-refractivity contribution in [1.82, 2.24) is 15.2 Å². The highest BCUT2D eigenvalue weighted by Crippen LogP contribution is 2.72. The van der Waals surface area contributed by atoms with Gasteiger partial charge in [0, 0.05) is 53.4 Å². The molecular weight excluding hydrogens is 854 g/mol. The van der Waals surface area contributed by atoms with Crippen LogP contribution in [0, 0.1) is 22.7 Å². The number of aromatic nitrogens is 1. The molecule has 3 saturated carbocycles. The predicted molar refractivity (Wildman–Crippen MR) is 212 cm³/mol. The summed E-state index contributed by atoms with van der Waals surface area (Å²) in [6, 6.07) is 7.35. The van der Waals surface area contributed by atoms with Crippen LogP contribution in [-0.2, 0) is 44.8 Å². The molecule has 322 valence electrons. The number of amides is 3. The Hall–Kier alpha value is -4.62. The van der Waals surface area contributed by atoms with Crippen molar-refractivity contribution in [3.05, 3.63) is 77.7 Å². The van der Waals surface area contributed by atoms with E-state index < -0.39 is 113 Å². The summed E-state index contributed by atoms with van der Waals surface area (Å²) in [5.41, 5.74) is -5.25. The van der Waals surface area contributed by atoms with Crippen LogP contribution in [0.5, 0.6) is 0 Å². The lowest BCUT2D eigenvalue weighted by Crippen LogP contribution is -2.70. The number of ketones is 2. The van der Waals surface area contributed by atoms with Gasteiger partial charge in [0.05, 0.1) is 24.1 Å². The number of rotatable bonds is 14. The number of aliphatic hydroxyl groups is 2. The van der Waals surface area contributed by atoms with E-state index in [1.54, 1.807) is 49.6 Å². The first-order valence-corrected chi connectivity index (χ1v) is 20.8. The van der Waals surface area contributed by atoms with Crippen molar-refractivity contribution in [3.8, 4) is 0 Å². The monoisotopic (exact) mass is 900 g/mol. The van der Waals surface area contributed by atoms with Gasteiger partial charge < -0.3 is 45.3 Å². The highest BCUT2D eigenvalue weighted by Gasteiger charge is 2.80. The van der Waals surface area contributed by atoms with Crippen LogP contribution < -0.4 is 16.0 Å². The molecule has 3 amide bonds.